The molecule has 0 aliphatic heterocycles. The normalized spacial score (nSPS) is 11.7. The molecule has 0 saturated carbocycles. The van der Waals surface area contributed by atoms with Crippen molar-refractivity contribution in [2.24, 2.45) is 0 Å². The van der Waals surface area contributed by atoms with Crippen LogP contribution in [0.1, 0.15) is 5.69 Å². The van der Waals surface area contributed by atoms with Crippen LogP contribution in [0.3, 0.4) is 0 Å². The van der Waals surface area contributed by atoms with Gasteiger partial charge in [-0.15, -0.1) is 0 Å². The van der Waals surface area contributed by atoms with Crippen LogP contribution in [0.2, 0.25) is 5.02 Å². The first-order chi connectivity index (χ1) is 15.1. The Bertz CT molecular complexity index is 1670. The van der Waals surface area contributed by atoms with Gasteiger partial charge in [-0.25, -0.2) is 4.79 Å². The number of aryl methyl sites for hydroxylation is 1. The molecule has 0 radical (unpaired) electrons. The van der Waals surface area contributed by atoms with E-state index in [1.54, 1.807) is 12.1 Å². The molecule has 31 heavy (non-hydrogen) atoms. The summed E-state index contributed by atoms with van der Waals surface area (Å²) in [7, 11) is 0. The topological polar surface area (TPSA) is 61.8 Å². The number of rotatable bonds is 2. The van der Waals surface area contributed by atoms with E-state index < -0.39 is 0 Å². The molecule has 6 rings (SSSR count). The van der Waals surface area contributed by atoms with Crippen LogP contribution in [0.15, 0.2) is 82.0 Å². The Morgan fingerprint density at radius 2 is 1.61 bits per heavy atom. The van der Waals surface area contributed by atoms with E-state index in [1.165, 1.54) is 0 Å². The number of hydrogen-bond acceptors (Lipinski definition) is 2. The lowest BCUT2D eigenvalue weighted by Crippen LogP contribution is -2.00. The number of H-pyrrole nitrogens is 2. The first kappa shape index (κ1) is 18.0. The van der Waals surface area contributed by atoms with Crippen LogP contribution in [-0.2, 0) is 0 Å². The van der Waals surface area contributed by atoms with E-state index in [9.17, 15) is 4.79 Å². The van der Waals surface area contributed by atoms with Crippen molar-refractivity contribution in [1.29, 1.82) is 0 Å². The molecule has 0 atom stereocenters. The van der Waals surface area contributed by atoms with E-state index in [4.69, 9.17) is 16.0 Å². The summed E-state index contributed by atoms with van der Waals surface area (Å²) in [4.78, 5) is 20.3. The van der Waals surface area contributed by atoms with Gasteiger partial charge in [-0.05, 0) is 36.8 Å². The van der Waals surface area contributed by atoms with Crippen LogP contribution in [0, 0.1) is 6.92 Å². The molecular formula is C26H17ClN2O2. The molecule has 0 fully saturated rings. The monoisotopic (exact) mass is 424 g/mol. The predicted octanol–water partition coefficient (Wildman–Crippen LogP) is 7.05. The maximum Gasteiger partial charge on any atom is 0.346 e. The Kier molecular flexibility index (Phi) is 3.86. The van der Waals surface area contributed by atoms with Gasteiger partial charge in [-0.2, -0.15) is 0 Å². The predicted molar refractivity (Wildman–Crippen MR) is 127 cm³/mol. The van der Waals surface area contributed by atoms with Crippen molar-refractivity contribution in [2.75, 3.05) is 0 Å². The second kappa shape index (κ2) is 6.62. The van der Waals surface area contributed by atoms with Gasteiger partial charge in [0.25, 0.3) is 0 Å². The average molecular weight is 425 g/mol. The van der Waals surface area contributed by atoms with E-state index >= 15 is 0 Å². The number of para-hydroxylation sites is 1. The molecule has 5 heteroatoms. The van der Waals surface area contributed by atoms with Crippen LogP contribution >= 0.6 is 11.6 Å². The summed E-state index contributed by atoms with van der Waals surface area (Å²) in [5, 5.41) is 2.96. The zero-order valence-electron chi connectivity index (χ0n) is 16.6. The molecule has 3 aromatic heterocycles. The zero-order valence-corrected chi connectivity index (χ0v) is 17.4. The average Bonchev–Trinajstić information content (AvgIpc) is 3.32. The molecule has 0 aliphatic rings. The smallest absolute Gasteiger partial charge is 0.346 e. The lowest BCUT2D eigenvalue weighted by atomic mass is 9.96. The maximum absolute atomic E-state index is 13.3. The summed E-state index contributed by atoms with van der Waals surface area (Å²) in [6, 6.07) is 23.4. The zero-order chi connectivity index (χ0) is 21.1. The molecule has 0 unspecified atom stereocenters. The molecule has 3 heterocycles. The van der Waals surface area contributed by atoms with Crippen LogP contribution in [0.5, 0.6) is 0 Å². The molecule has 0 amide bonds. The molecule has 0 spiro atoms. The second-order valence-corrected chi connectivity index (χ2v) is 8.13. The Balaban J connectivity index is 1.86. The minimum Gasteiger partial charge on any atom is -0.422 e. The fraction of sp³-hybridized carbons (Fsp3) is 0.0385. The van der Waals surface area contributed by atoms with Crippen LogP contribution in [0.25, 0.3) is 55.2 Å². The first-order valence-electron chi connectivity index (χ1n) is 10.0. The van der Waals surface area contributed by atoms with Gasteiger partial charge in [0.1, 0.15) is 5.58 Å². The third kappa shape index (κ3) is 2.65. The highest BCUT2D eigenvalue weighted by Gasteiger charge is 2.24. The third-order valence-electron chi connectivity index (χ3n) is 5.82. The molecule has 2 N–H and O–H groups in total. The van der Waals surface area contributed by atoms with E-state index in [2.05, 4.69) is 16.0 Å². The first-order valence-corrected chi connectivity index (χ1v) is 10.4. The van der Waals surface area contributed by atoms with Gasteiger partial charge in [0.2, 0.25) is 0 Å². The molecule has 0 bridgehead atoms. The minimum absolute atomic E-state index is 0.372. The Hall–Kier alpha value is -3.76. The van der Waals surface area contributed by atoms with E-state index in [-0.39, 0.29) is 5.63 Å². The van der Waals surface area contributed by atoms with Crippen LogP contribution in [-0.4, -0.2) is 9.97 Å². The summed E-state index contributed by atoms with van der Waals surface area (Å²) in [6.45, 7) is 2.03. The summed E-state index contributed by atoms with van der Waals surface area (Å²) in [6.07, 6.45) is 0. The number of nitrogens with one attached hydrogen (secondary N) is 2. The lowest BCUT2D eigenvalue weighted by Gasteiger charge is -2.06. The highest BCUT2D eigenvalue weighted by atomic mass is 35.5. The van der Waals surface area contributed by atoms with Crippen molar-refractivity contribution in [2.45, 2.75) is 6.92 Å². The molecule has 4 nitrogen and oxygen atoms in total. The highest BCUT2D eigenvalue weighted by molar-refractivity contribution is 6.31. The summed E-state index contributed by atoms with van der Waals surface area (Å²) >= 11 is 6.29. The van der Waals surface area contributed by atoms with Crippen molar-refractivity contribution in [3.63, 3.8) is 0 Å². The fourth-order valence-electron chi connectivity index (χ4n) is 4.51. The fourth-order valence-corrected chi connectivity index (χ4v) is 4.69. The Labute approximate surface area is 182 Å². The van der Waals surface area contributed by atoms with Gasteiger partial charge in [0, 0.05) is 38.1 Å². The van der Waals surface area contributed by atoms with E-state index in [0.29, 0.717) is 16.0 Å². The quantitative estimate of drug-likeness (QED) is 0.292. The van der Waals surface area contributed by atoms with Gasteiger partial charge in [-0.1, -0.05) is 60.1 Å². The number of benzene rings is 3. The SMILES string of the molecule is Cc1[nH]c2ccccc2c1-c1c(-c2ccccc2)[nH]c2c1c(=O)oc1ccc(Cl)cc12. The summed E-state index contributed by atoms with van der Waals surface area (Å²) in [5.41, 5.74) is 6.58. The van der Waals surface area contributed by atoms with Gasteiger partial charge in [0.15, 0.2) is 0 Å². The van der Waals surface area contributed by atoms with Crippen LogP contribution in [0.4, 0.5) is 0 Å². The summed E-state index contributed by atoms with van der Waals surface area (Å²) in [5.74, 6) is 0. The molecule has 0 aliphatic carbocycles. The third-order valence-corrected chi connectivity index (χ3v) is 6.06. The molecule has 150 valence electrons. The highest BCUT2D eigenvalue weighted by Crippen LogP contribution is 2.43. The van der Waals surface area contributed by atoms with Crippen molar-refractivity contribution in [3.05, 3.63) is 93.9 Å². The van der Waals surface area contributed by atoms with Gasteiger partial charge in [-0.3, -0.25) is 0 Å². The van der Waals surface area contributed by atoms with Gasteiger partial charge < -0.3 is 14.4 Å². The molecular weight excluding hydrogens is 408 g/mol. The maximum atomic E-state index is 13.3. The number of aromatic amines is 2. The van der Waals surface area contributed by atoms with E-state index in [1.807, 2.05) is 61.5 Å². The van der Waals surface area contributed by atoms with Gasteiger partial charge in [0.05, 0.1) is 16.6 Å². The van der Waals surface area contributed by atoms with E-state index in [0.717, 1.165) is 49.9 Å². The number of hydrogen-bond donors (Lipinski definition) is 2. The van der Waals surface area contributed by atoms with Crippen molar-refractivity contribution >= 4 is 44.4 Å². The number of aromatic nitrogens is 2. The summed E-state index contributed by atoms with van der Waals surface area (Å²) < 4.78 is 5.73. The standard InChI is InChI=1S/C26H17ClN2O2/c1-14-21(17-9-5-6-10-19(17)28-14)22-23-25(29-24(22)15-7-3-2-4-8-15)18-13-16(27)11-12-20(18)31-26(23)30/h2-13,28-29H,1H3. The largest absolute Gasteiger partial charge is 0.422 e. The number of halogens is 1. The molecule has 6 aromatic rings. The molecule has 0 saturated heterocycles. The lowest BCUT2D eigenvalue weighted by molar-refractivity contribution is 0.570. The van der Waals surface area contributed by atoms with Crippen molar-refractivity contribution in [3.8, 4) is 22.4 Å². The molecule has 3 aromatic carbocycles. The Morgan fingerprint density at radius 1 is 0.839 bits per heavy atom. The Morgan fingerprint density at radius 3 is 2.45 bits per heavy atom. The number of fused-ring (bicyclic) bond motifs is 4. The van der Waals surface area contributed by atoms with Crippen LogP contribution < -0.4 is 5.63 Å². The van der Waals surface area contributed by atoms with Crippen molar-refractivity contribution in [1.82, 2.24) is 9.97 Å². The van der Waals surface area contributed by atoms with Gasteiger partial charge >= 0.3 is 5.63 Å². The minimum atomic E-state index is -0.372. The second-order valence-electron chi connectivity index (χ2n) is 7.69. The van der Waals surface area contributed by atoms with Crippen molar-refractivity contribution < 1.29 is 4.42 Å².